The van der Waals surface area contributed by atoms with Crippen LogP contribution in [0.2, 0.25) is 0 Å². The third-order valence-corrected chi connectivity index (χ3v) is 1.87. The van der Waals surface area contributed by atoms with Gasteiger partial charge in [-0.15, -0.1) is 0 Å². The molecule has 67 valence electrons. The molecule has 0 aromatic heterocycles. The van der Waals surface area contributed by atoms with Gasteiger partial charge < -0.3 is 4.74 Å². The maximum Gasteiger partial charge on any atom is 0.0544 e. The highest BCUT2D eigenvalue weighted by Gasteiger charge is 1.96. The average molecular weight is 157 g/mol. The fourth-order valence-corrected chi connectivity index (χ4v) is 0.858. The van der Waals surface area contributed by atoms with Crippen LogP contribution >= 0.6 is 0 Å². The summed E-state index contributed by atoms with van der Waals surface area (Å²) in [6, 6.07) is 0. The molecule has 11 heavy (non-hydrogen) atoms. The molecule has 1 radical (unpaired) electrons. The van der Waals surface area contributed by atoms with E-state index in [1.54, 1.807) is 0 Å². The van der Waals surface area contributed by atoms with Crippen molar-refractivity contribution in [3.8, 4) is 0 Å². The average Bonchev–Trinajstić information content (AvgIpc) is 2.04. The Morgan fingerprint density at radius 1 is 1.27 bits per heavy atom. The Balaban J connectivity index is 2.89. The minimum absolute atomic E-state index is 0.440. The fourth-order valence-electron chi connectivity index (χ4n) is 0.858. The molecular formula is C10H21O. The molecule has 0 heterocycles. The predicted octanol–water partition coefficient (Wildman–Crippen LogP) is 3.20. The molecule has 1 heteroatoms. The molecule has 0 aromatic carbocycles. The summed E-state index contributed by atoms with van der Waals surface area (Å²) in [4.78, 5) is 0. The van der Waals surface area contributed by atoms with Gasteiger partial charge in [-0.1, -0.05) is 33.1 Å². The van der Waals surface area contributed by atoms with Crippen molar-refractivity contribution in [1.82, 2.24) is 0 Å². The standard InChI is InChI=1S/C10H21O/c1-4-6-7-8-9-11-10(3)5-2/h10H,1,4-9H2,2-3H3. The summed E-state index contributed by atoms with van der Waals surface area (Å²) in [5, 5.41) is 0. The van der Waals surface area contributed by atoms with Gasteiger partial charge >= 0.3 is 0 Å². The van der Waals surface area contributed by atoms with Crippen molar-refractivity contribution < 1.29 is 4.74 Å². The van der Waals surface area contributed by atoms with Crippen molar-refractivity contribution in [3.63, 3.8) is 0 Å². The second kappa shape index (κ2) is 8.06. The first-order valence-corrected chi connectivity index (χ1v) is 4.72. The SMILES string of the molecule is [CH2]CCCCCOC(C)CC. The first-order chi connectivity index (χ1) is 5.31. The molecule has 0 bridgehead atoms. The van der Waals surface area contributed by atoms with Crippen LogP contribution in [0.15, 0.2) is 0 Å². The van der Waals surface area contributed by atoms with Crippen molar-refractivity contribution in [2.24, 2.45) is 0 Å². The minimum Gasteiger partial charge on any atom is -0.379 e. The number of unbranched alkanes of at least 4 members (excludes halogenated alkanes) is 3. The van der Waals surface area contributed by atoms with Gasteiger partial charge in [-0.05, 0) is 19.8 Å². The lowest BCUT2D eigenvalue weighted by Crippen LogP contribution is -2.07. The summed E-state index contributed by atoms with van der Waals surface area (Å²) >= 11 is 0. The van der Waals surface area contributed by atoms with Gasteiger partial charge in [0.25, 0.3) is 0 Å². The van der Waals surface area contributed by atoms with E-state index in [4.69, 9.17) is 4.74 Å². The summed E-state index contributed by atoms with van der Waals surface area (Å²) in [6.45, 7) is 9.00. The lowest BCUT2D eigenvalue weighted by atomic mass is 10.2. The van der Waals surface area contributed by atoms with Crippen molar-refractivity contribution in [2.45, 2.75) is 52.1 Å². The van der Waals surface area contributed by atoms with Gasteiger partial charge in [0.15, 0.2) is 0 Å². The summed E-state index contributed by atoms with van der Waals surface area (Å²) in [5.74, 6) is 0. The quantitative estimate of drug-likeness (QED) is 0.516. The van der Waals surface area contributed by atoms with Gasteiger partial charge in [0.1, 0.15) is 0 Å². The van der Waals surface area contributed by atoms with E-state index in [0.717, 1.165) is 19.4 Å². The van der Waals surface area contributed by atoms with E-state index in [-0.39, 0.29) is 0 Å². The highest BCUT2D eigenvalue weighted by molar-refractivity contribution is 4.47. The van der Waals surface area contributed by atoms with Gasteiger partial charge in [0.2, 0.25) is 0 Å². The smallest absolute Gasteiger partial charge is 0.0544 e. The number of rotatable bonds is 7. The molecule has 1 unspecified atom stereocenters. The van der Waals surface area contributed by atoms with Gasteiger partial charge in [0.05, 0.1) is 6.10 Å². The van der Waals surface area contributed by atoms with Gasteiger partial charge in [0, 0.05) is 6.61 Å². The fraction of sp³-hybridized carbons (Fsp3) is 0.900. The second-order valence-electron chi connectivity index (χ2n) is 3.00. The molecule has 0 saturated carbocycles. The maximum absolute atomic E-state index is 5.52. The largest absolute Gasteiger partial charge is 0.379 e. The van der Waals surface area contributed by atoms with Gasteiger partial charge in [-0.3, -0.25) is 0 Å². The van der Waals surface area contributed by atoms with E-state index in [9.17, 15) is 0 Å². The molecule has 0 aliphatic heterocycles. The highest BCUT2D eigenvalue weighted by Crippen LogP contribution is 2.01. The molecule has 0 aliphatic carbocycles. The molecular weight excluding hydrogens is 136 g/mol. The van der Waals surface area contributed by atoms with Crippen LogP contribution in [0, 0.1) is 6.92 Å². The van der Waals surface area contributed by atoms with Gasteiger partial charge in [-0.2, -0.15) is 0 Å². The van der Waals surface area contributed by atoms with Crippen LogP contribution in [-0.4, -0.2) is 12.7 Å². The molecule has 0 amide bonds. The van der Waals surface area contributed by atoms with Crippen LogP contribution < -0.4 is 0 Å². The van der Waals surface area contributed by atoms with E-state index in [1.807, 2.05) is 0 Å². The molecule has 1 nitrogen and oxygen atoms in total. The molecule has 0 saturated heterocycles. The highest BCUT2D eigenvalue weighted by atomic mass is 16.5. The molecule has 1 atom stereocenters. The summed E-state index contributed by atoms with van der Waals surface area (Å²) in [7, 11) is 0. The molecule has 0 fully saturated rings. The normalized spacial score (nSPS) is 13.4. The van der Waals surface area contributed by atoms with Crippen LogP contribution in [0.5, 0.6) is 0 Å². The third kappa shape index (κ3) is 7.86. The maximum atomic E-state index is 5.52. The van der Waals surface area contributed by atoms with E-state index < -0.39 is 0 Å². The third-order valence-electron chi connectivity index (χ3n) is 1.87. The van der Waals surface area contributed by atoms with Crippen LogP contribution in [0.4, 0.5) is 0 Å². The Labute approximate surface area is 71.1 Å². The van der Waals surface area contributed by atoms with Crippen LogP contribution in [0.1, 0.15) is 46.0 Å². The second-order valence-corrected chi connectivity index (χ2v) is 3.00. The van der Waals surface area contributed by atoms with E-state index in [1.165, 1.54) is 19.3 Å². The van der Waals surface area contributed by atoms with Gasteiger partial charge in [-0.25, -0.2) is 0 Å². The Kier molecular flexibility index (Phi) is 8.03. The monoisotopic (exact) mass is 157 g/mol. The first kappa shape index (κ1) is 11.0. The minimum atomic E-state index is 0.440. The molecule has 0 spiro atoms. The molecule has 0 N–H and O–H groups in total. The number of hydrogen-bond donors (Lipinski definition) is 0. The van der Waals surface area contributed by atoms with Crippen LogP contribution in [-0.2, 0) is 4.74 Å². The Morgan fingerprint density at radius 3 is 2.55 bits per heavy atom. The van der Waals surface area contributed by atoms with E-state index in [2.05, 4.69) is 20.8 Å². The lowest BCUT2D eigenvalue weighted by molar-refractivity contribution is 0.0609. The Bertz CT molecular complexity index is 71.3. The molecule has 0 rings (SSSR count). The zero-order valence-electron chi connectivity index (χ0n) is 7.94. The first-order valence-electron chi connectivity index (χ1n) is 4.72. The number of hydrogen-bond acceptors (Lipinski definition) is 1. The summed E-state index contributed by atoms with van der Waals surface area (Å²) < 4.78 is 5.52. The van der Waals surface area contributed by atoms with Crippen molar-refractivity contribution in [1.29, 1.82) is 0 Å². The van der Waals surface area contributed by atoms with Crippen LogP contribution in [0.3, 0.4) is 0 Å². The van der Waals surface area contributed by atoms with Crippen molar-refractivity contribution in [3.05, 3.63) is 6.92 Å². The van der Waals surface area contributed by atoms with E-state index in [0.29, 0.717) is 6.10 Å². The molecule has 0 aromatic rings. The van der Waals surface area contributed by atoms with Crippen molar-refractivity contribution >= 4 is 0 Å². The molecule has 0 aliphatic rings. The summed E-state index contributed by atoms with van der Waals surface area (Å²) in [6.07, 6.45) is 6.32. The lowest BCUT2D eigenvalue weighted by Gasteiger charge is -2.09. The number of ether oxygens (including phenoxy) is 1. The Hall–Kier alpha value is -0.0400. The van der Waals surface area contributed by atoms with Crippen molar-refractivity contribution in [2.75, 3.05) is 6.61 Å². The van der Waals surface area contributed by atoms with Crippen LogP contribution in [0.25, 0.3) is 0 Å². The topological polar surface area (TPSA) is 9.23 Å². The predicted molar refractivity (Wildman–Crippen MR) is 49.5 cm³/mol. The summed E-state index contributed by atoms with van der Waals surface area (Å²) in [5.41, 5.74) is 0. The zero-order chi connectivity index (χ0) is 8.53. The zero-order valence-corrected chi connectivity index (χ0v) is 7.94. The van der Waals surface area contributed by atoms with E-state index >= 15 is 0 Å². The Morgan fingerprint density at radius 2 is 2.00 bits per heavy atom.